The minimum absolute atomic E-state index is 0.0810. The number of carboxylic acids is 2. The fourth-order valence-corrected chi connectivity index (χ4v) is 0.489. The van der Waals surface area contributed by atoms with E-state index in [1.54, 1.807) is 12.1 Å². The molecule has 0 unspecified atom stereocenters. The maximum absolute atomic E-state index is 10.6. The van der Waals surface area contributed by atoms with E-state index in [-0.39, 0.29) is 5.69 Å². The second-order valence-corrected chi connectivity index (χ2v) is 2.32. The van der Waals surface area contributed by atoms with Gasteiger partial charge in [-0.1, -0.05) is 6.07 Å². The van der Waals surface area contributed by atoms with Crippen LogP contribution in [0, 0.1) is 0 Å². The molecule has 1 aromatic rings. The molecule has 88 valence electrons. The van der Waals surface area contributed by atoms with Gasteiger partial charge in [0, 0.05) is 6.20 Å². The van der Waals surface area contributed by atoms with Gasteiger partial charge in [0.05, 0.1) is 0 Å². The van der Waals surface area contributed by atoms with Gasteiger partial charge in [-0.2, -0.15) is 13.2 Å². The molecule has 0 aliphatic carbocycles. The number of pyridine rings is 1. The van der Waals surface area contributed by atoms with Gasteiger partial charge in [-0.05, 0) is 12.1 Å². The van der Waals surface area contributed by atoms with E-state index in [2.05, 4.69) is 4.98 Å². The van der Waals surface area contributed by atoms with Crippen LogP contribution in [-0.4, -0.2) is 33.3 Å². The monoisotopic (exact) mass is 237 g/mol. The van der Waals surface area contributed by atoms with Gasteiger partial charge in [0.15, 0.2) is 0 Å². The molecule has 0 radical (unpaired) electrons. The minimum atomic E-state index is -5.08. The average molecular weight is 237 g/mol. The Morgan fingerprint density at radius 2 is 1.69 bits per heavy atom. The fraction of sp³-hybridized carbons (Fsp3) is 0.125. The summed E-state index contributed by atoms with van der Waals surface area (Å²) in [5.74, 6) is -3.75. The highest BCUT2D eigenvalue weighted by atomic mass is 19.4. The van der Waals surface area contributed by atoms with Gasteiger partial charge in [0.2, 0.25) is 0 Å². The largest absolute Gasteiger partial charge is 0.490 e. The van der Waals surface area contributed by atoms with Crippen LogP contribution in [0.4, 0.5) is 13.2 Å². The summed E-state index contributed by atoms with van der Waals surface area (Å²) in [4.78, 5) is 22.6. The standard InChI is InChI=1S/C6H5NO2.C2HF3O2/c8-6(9)5-3-1-2-4-7-5;3-2(4,5)1(6)7/h1-4H,(H,8,9);(H,6,7). The van der Waals surface area contributed by atoms with Crippen molar-refractivity contribution in [2.24, 2.45) is 0 Å². The lowest BCUT2D eigenvalue weighted by molar-refractivity contribution is -0.192. The molecule has 1 rings (SSSR count). The van der Waals surface area contributed by atoms with E-state index in [9.17, 15) is 18.0 Å². The van der Waals surface area contributed by atoms with E-state index in [1.807, 2.05) is 0 Å². The molecule has 0 fully saturated rings. The number of nitrogens with zero attached hydrogens (tertiary/aromatic N) is 1. The van der Waals surface area contributed by atoms with Gasteiger partial charge >= 0.3 is 18.1 Å². The van der Waals surface area contributed by atoms with Crippen LogP contribution in [0.2, 0.25) is 0 Å². The molecule has 0 spiro atoms. The van der Waals surface area contributed by atoms with Crippen molar-refractivity contribution < 1.29 is 33.0 Å². The van der Waals surface area contributed by atoms with Crippen LogP contribution < -0.4 is 0 Å². The predicted octanol–water partition coefficient (Wildman–Crippen LogP) is 1.41. The Balaban J connectivity index is 0.000000293. The number of aromatic carboxylic acids is 1. The van der Waals surface area contributed by atoms with E-state index in [1.165, 1.54) is 12.3 Å². The second kappa shape index (κ2) is 5.69. The maximum atomic E-state index is 10.6. The van der Waals surface area contributed by atoms with Crippen LogP contribution in [0.3, 0.4) is 0 Å². The number of carbonyl (C=O) groups is 2. The molecular weight excluding hydrogens is 231 g/mol. The lowest BCUT2D eigenvalue weighted by atomic mass is 10.4. The minimum Gasteiger partial charge on any atom is -0.477 e. The number of alkyl halides is 3. The zero-order valence-electron chi connectivity index (χ0n) is 7.60. The molecule has 16 heavy (non-hydrogen) atoms. The molecule has 1 heterocycles. The Labute approximate surface area is 87.2 Å². The lowest BCUT2D eigenvalue weighted by Gasteiger charge is -1.93. The van der Waals surface area contributed by atoms with Crippen molar-refractivity contribution in [1.82, 2.24) is 4.98 Å². The predicted molar refractivity (Wildman–Crippen MR) is 44.9 cm³/mol. The van der Waals surface area contributed by atoms with Crippen LogP contribution in [0.15, 0.2) is 24.4 Å². The summed E-state index contributed by atoms with van der Waals surface area (Å²) in [6, 6.07) is 4.76. The normalized spacial score (nSPS) is 9.94. The topological polar surface area (TPSA) is 87.5 Å². The summed E-state index contributed by atoms with van der Waals surface area (Å²) in [6.45, 7) is 0. The third kappa shape index (κ3) is 5.58. The molecule has 5 nitrogen and oxygen atoms in total. The smallest absolute Gasteiger partial charge is 0.477 e. The first-order valence-electron chi connectivity index (χ1n) is 3.69. The van der Waals surface area contributed by atoms with E-state index >= 15 is 0 Å². The number of aromatic nitrogens is 1. The molecule has 0 aliphatic rings. The number of hydrogen-bond donors (Lipinski definition) is 2. The molecule has 8 heteroatoms. The Morgan fingerprint density at radius 1 is 1.19 bits per heavy atom. The summed E-state index contributed by atoms with van der Waals surface area (Å²) >= 11 is 0. The van der Waals surface area contributed by atoms with Crippen LogP contribution in [0.1, 0.15) is 10.5 Å². The van der Waals surface area contributed by atoms with E-state index < -0.39 is 18.1 Å². The average Bonchev–Trinajstić information content (AvgIpc) is 2.18. The second-order valence-electron chi connectivity index (χ2n) is 2.32. The Kier molecular flexibility index (Phi) is 4.93. The van der Waals surface area contributed by atoms with Crippen LogP contribution in [0.25, 0.3) is 0 Å². The van der Waals surface area contributed by atoms with E-state index in [4.69, 9.17) is 15.0 Å². The van der Waals surface area contributed by atoms with Crippen LogP contribution >= 0.6 is 0 Å². The zero-order chi connectivity index (χ0) is 12.8. The highest BCUT2D eigenvalue weighted by molar-refractivity contribution is 5.85. The molecule has 0 aromatic carbocycles. The van der Waals surface area contributed by atoms with Gasteiger partial charge in [-0.25, -0.2) is 14.6 Å². The first-order chi connectivity index (χ1) is 7.25. The summed E-state index contributed by atoms with van der Waals surface area (Å²) in [5.41, 5.74) is 0.0810. The molecule has 1 aromatic heterocycles. The van der Waals surface area contributed by atoms with Crippen molar-refractivity contribution in [2.45, 2.75) is 6.18 Å². The van der Waals surface area contributed by atoms with Crippen molar-refractivity contribution in [2.75, 3.05) is 0 Å². The zero-order valence-corrected chi connectivity index (χ0v) is 7.60. The summed E-state index contributed by atoms with van der Waals surface area (Å²) in [5, 5.41) is 15.4. The van der Waals surface area contributed by atoms with Gasteiger partial charge in [0.1, 0.15) is 5.69 Å². The van der Waals surface area contributed by atoms with E-state index in [0.717, 1.165) is 0 Å². The van der Waals surface area contributed by atoms with Gasteiger partial charge in [-0.15, -0.1) is 0 Å². The molecule has 0 atom stereocenters. The van der Waals surface area contributed by atoms with Crippen LogP contribution in [0.5, 0.6) is 0 Å². The highest BCUT2D eigenvalue weighted by Gasteiger charge is 2.38. The third-order valence-corrected chi connectivity index (χ3v) is 1.13. The van der Waals surface area contributed by atoms with Gasteiger partial charge in [0.25, 0.3) is 0 Å². The van der Waals surface area contributed by atoms with Crippen molar-refractivity contribution in [3.05, 3.63) is 30.1 Å². The number of rotatable bonds is 1. The Bertz CT molecular complexity index is 363. The number of hydrogen-bond acceptors (Lipinski definition) is 3. The molecule has 0 saturated carbocycles. The maximum Gasteiger partial charge on any atom is 0.490 e. The lowest BCUT2D eigenvalue weighted by Crippen LogP contribution is -2.21. The Hall–Kier alpha value is -2.12. The number of aliphatic carboxylic acids is 1. The third-order valence-electron chi connectivity index (χ3n) is 1.13. The first kappa shape index (κ1) is 13.9. The SMILES string of the molecule is O=C(O)C(F)(F)F.O=C(O)c1ccccn1. The fourth-order valence-electron chi connectivity index (χ4n) is 0.489. The molecule has 0 amide bonds. The molecule has 0 saturated heterocycles. The van der Waals surface area contributed by atoms with Crippen molar-refractivity contribution in [1.29, 1.82) is 0 Å². The Morgan fingerprint density at radius 3 is 1.88 bits per heavy atom. The number of carboxylic acid groups (broad SMARTS) is 2. The molecule has 0 bridgehead atoms. The number of halogens is 3. The van der Waals surface area contributed by atoms with Gasteiger partial charge < -0.3 is 10.2 Å². The molecule has 0 aliphatic heterocycles. The van der Waals surface area contributed by atoms with Crippen LogP contribution in [-0.2, 0) is 4.79 Å². The summed E-state index contributed by atoms with van der Waals surface area (Å²) in [7, 11) is 0. The van der Waals surface area contributed by atoms with Crippen molar-refractivity contribution >= 4 is 11.9 Å². The van der Waals surface area contributed by atoms with Crippen molar-refractivity contribution in [3.8, 4) is 0 Å². The summed E-state index contributed by atoms with van der Waals surface area (Å²) < 4.78 is 31.7. The summed E-state index contributed by atoms with van der Waals surface area (Å²) in [6.07, 6.45) is -3.64. The van der Waals surface area contributed by atoms with E-state index in [0.29, 0.717) is 0 Å². The molecular formula is C8H6F3NO4. The van der Waals surface area contributed by atoms with Gasteiger partial charge in [-0.3, -0.25) is 0 Å². The highest BCUT2D eigenvalue weighted by Crippen LogP contribution is 2.13. The first-order valence-corrected chi connectivity index (χ1v) is 3.69. The molecule has 2 N–H and O–H groups in total. The quantitative estimate of drug-likeness (QED) is 0.771. The van der Waals surface area contributed by atoms with Crippen molar-refractivity contribution in [3.63, 3.8) is 0 Å².